The fraction of sp³-hybridized carbons (Fsp3) is 0. The van der Waals surface area contributed by atoms with Gasteiger partial charge in [-0.3, -0.25) is 4.79 Å². The van der Waals surface area contributed by atoms with Gasteiger partial charge in [-0.15, -0.1) is 0 Å². The van der Waals surface area contributed by atoms with Crippen molar-refractivity contribution in [2.75, 3.05) is 0 Å². The van der Waals surface area contributed by atoms with Gasteiger partial charge in [0.25, 0.3) is 0 Å². The second-order valence-electron chi connectivity index (χ2n) is 2.91. The number of aromatic nitrogens is 1. The molecule has 0 saturated carbocycles. The predicted molar refractivity (Wildman–Crippen MR) is 51.1 cm³/mol. The van der Waals surface area contributed by atoms with Crippen molar-refractivity contribution in [3.8, 4) is 5.69 Å². The van der Waals surface area contributed by atoms with E-state index in [9.17, 15) is 9.18 Å². The molecule has 1 aromatic heterocycles. The zero-order valence-corrected chi connectivity index (χ0v) is 7.35. The number of carbonyl (C=O) groups excluding carboxylic acids is 1. The van der Waals surface area contributed by atoms with Crippen molar-refractivity contribution in [2.45, 2.75) is 0 Å². The van der Waals surface area contributed by atoms with Gasteiger partial charge in [0.05, 0.1) is 5.69 Å². The molecule has 2 rings (SSSR count). The molecule has 3 heteroatoms. The van der Waals surface area contributed by atoms with Crippen LogP contribution in [0.1, 0.15) is 10.4 Å². The molecule has 1 heterocycles. The molecule has 0 aliphatic carbocycles. The Bertz CT molecular complexity index is 448. The van der Waals surface area contributed by atoms with Gasteiger partial charge in [-0.25, -0.2) is 4.39 Å². The Morgan fingerprint density at radius 1 is 1.21 bits per heavy atom. The van der Waals surface area contributed by atoms with E-state index >= 15 is 0 Å². The number of halogens is 1. The summed E-state index contributed by atoms with van der Waals surface area (Å²) >= 11 is 0. The molecular formula is C11H8FNO. The zero-order valence-electron chi connectivity index (χ0n) is 7.35. The maximum Gasteiger partial charge on any atom is 0.152 e. The van der Waals surface area contributed by atoms with E-state index in [1.54, 1.807) is 23.0 Å². The molecular weight excluding hydrogens is 181 g/mol. The van der Waals surface area contributed by atoms with Crippen LogP contribution in [0.2, 0.25) is 0 Å². The lowest BCUT2D eigenvalue weighted by Gasteiger charge is -2.05. The molecule has 0 atom stereocenters. The quantitative estimate of drug-likeness (QED) is 0.665. The number of carbonyl (C=O) groups is 1. The lowest BCUT2D eigenvalue weighted by atomic mass is 10.2. The summed E-state index contributed by atoms with van der Waals surface area (Å²) in [6.07, 6.45) is 4.26. The number of nitrogens with zero attached hydrogens (tertiary/aromatic N) is 1. The molecule has 0 amide bonds. The molecule has 0 N–H and O–H groups in total. The van der Waals surface area contributed by atoms with Crippen LogP contribution in [0.4, 0.5) is 4.39 Å². The highest BCUT2D eigenvalue weighted by atomic mass is 19.1. The molecule has 0 spiro atoms. The summed E-state index contributed by atoms with van der Waals surface area (Å²) in [6, 6.07) is 7.83. The molecule has 0 bridgehead atoms. The van der Waals surface area contributed by atoms with Crippen LogP contribution in [-0.2, 0) is 0 Å². The first-order valence-corrected chi connectivity index (χ1v) is 4.19. The average molecular weight is 189 g/mol. The molecule has 1 aromatic carbocycles. The van der Waals surface area contributed by atoms with Gasteiger partial charge >= 0.3 is 0 Å². The van der Waals surface area contributed by atoms with Gasteiger partial charge in [0.1, 0.15) is 5.82 Å². The first-order valence-electron chi connectivity index (χ1n) is 4.19. The minimum atomic E-state index is -0.400. The van der Waals surface area contributed by atoms with Crippen LogP contribution in [-0.4, -0.2) is 10.9 Å². The number of aldehydes is 1. The number of rotatable bonds is 2. The predicted octanol–water partition coefficient (Wildman–Crippen LogP) is 2.43. The molecule has 0 fully saturated rings. The molecule has 0 unspecified atom stereocenters. The van der Waals surface area contributed by atoms with Crippen LogP contribution in [0.3, 0.4) is 0 Å². The van der Waals surface area contributed by atoms with Crippen LogP contribution in [0, 0.1) is 5.82 Å². The van der Waals surface area contributed by atoms with Crippen molar-refractivity contribution < 1.29 is 9.18 Å². The Morgan fingerprint density at radius 2 is 1.93 bits per heavy atom. The second kappa shape index (κ2) is 3.46. The standard InChI is InChI=1S/C11H8FNO/c12-10-3-4-11(9(7-10)8-14)13-5-1-2-6-13/h1-8H. The van der Waals surface area contributed by atoms with E-state index in [1.807, 2.05) is 12.1 Å². The van der Waals surface area contributed by atoms with Gasteiger partial charge < -0.3 is 4.57 Å². The Labute approximate surface area is 80.6 Å². The first kappa shape index (κ1) is 8.69. The monoisotopic (exact) mass is 189 g/mol. The Hall–Kier alpha value is -1.90. The van der Waals surface area contributed by atoms with Crippen LogP contribution in [0.25, 0.3) is 5.69 Å². The fourth-order valence-corrected chi connectivity index (χ4v) is 1.35. The average Bonchev–Trinajstić information content (AvgIpc) is 2.70. The van der Waals surface area contributed by atoms with Crippen molar-refractivity contribution in [1.82, 2.24) is 4.57 Å². The normalized spacial score (nSPS) is 10.1. The second-order valence-corrected chi connectivity index (χ2v) is 2.91. The molecule has 70 valence electrons. The minimum Gasteiger partial charge on any atom is -0.323 e. The van der Waals surface area contributed by atoms with Gasteiger partial charge in [-0.1, -0.05) is 0 Å². The number of hydrogen-bond donors (Lipinski definition) is 0. The van der Waals surface area contributed by atoms with Crippen LogP contribution in [0.5, 0.6) is 0 Å². The molecule has 0 aliphatic rings. The van der Waals surface area contributed by atoms with Crippen molar-refractivity contribution in [1.29, 1.82) is 0 Å². The number of hydrogen-bond acceptors (Lipinski definition) is 1. The molecule has 0 saturated heterocycles. The van der Waals surface area contributed by atoms with E-state index in [4.69, 9.17) is 0 Å². The van der Waals surface area contributed by atoms with Gasteiger partial charge in [0, 0.05) is 18.0 Å². The zero-order chi connectivity index (χ0) is 9.97. The van der Waals surface area contributed by atoms with Crippen LogP contribution < -0.4 is 0 Å². The third kappa shape index (κ3) is 1.44. The van der Waals surface area contributed by atoms with Gasteiger partial charge in [0.15, 0.2) is 6.29 Å². The summed E-state index contributed by atoms with van der Waals surface area (Å²) in [5.74, 6) is -0.400. The van der Waals surface area contributed by atoms with Gasteiger partial charge in [-0.05, 0) is 30.3 Å². The highest BCUT2D eigenvalue weighted by Crippen LogP contribution is 2.14. The van der Waals surface area contributed by atoms with Crippen LogP contribution >= 0.6 is 0 Å². The lowest BCUT2D eigenvalue weighted by Crippen LogP contribution is -1.96. The summed E-state index contributed by atoms with van der Waals surface area (Å²) in [7, 11) is 0. The topological polar surface area (TPSA) is 22.0 Å². The van der Waals surface area contributed by atoms with Crippen LogP contribution in [0.15, 0.2) is 42.7 Å². The smallest absolute Gasteiger partial charge is 0.152 e. The van der Waals surface area contributed by atoms with Crippen molar-refractivity contribution in [3.05, 3.63) is 54.1 Å². The highest BCUT2D eigenvalue weighted by molar-refractivity contribution is 5.80. The molecule has 2 aromatic rings. The third-order valence-electron chi connectivity index (χ3n) is 2.00. The van der Waals surface area contributed by atoms with Crippen molar-refractivity contribution in [2.24, 2.45) is 0 Å². The highest BCUT2D eigenvalue weighted by Gasteiger charge is 2.03. The fourth-order valence-electron chi connectivity index (χ4n) is 1.35. The summed E-state index contributed by atoms with van der Waals surface area (Å²) in [6.45, 7) is 0. The Balaban J connectivity index is 2.58. The molecule has 0 radical (unpaired) electrons. The maximum atomic E-state index is 12.8. The lowest BCUT2D eigenvalue weighted by molar-refractivity contribution is 0.112. The van der Waals surface area contributed by atoms with E-state index in [0.717, 1.165) is 0 Å². The van der Waals surface area contributed by atoms with E-state index in [0.29, 0.717) is 17.5 Å². The molecule has 2 nitrogen and oxygen atoms in total. The summed E-state index contributed by atoms with van der Waals surface area (Å²) in [5, 5.41) is 0. The van der Waals surface area contributed by atoms with E-state index in [-0.39, 0.29) is 0 Å². The third-order valence-corrected chi connectivity index (χ3v) is 2.00. The Kier molecular flexibility index (Phi) is 2.14. The SMILES string of the molecule is O=Cc1cc(F)ccc1-n1cccc1. The number of benzene rings is 1. The first-order chi connectivity index (χ1) is 6.81. The molecule has 0 aliphatic heterocycles. The van der Waals surface area contributed by atoms with E-state index < -0.39 is 5.82 Å². The maximum absolute atomic E-state index is 12.8. The van der Waals surface area contributed by atoms with Crippen molar-refractivity contribution >= 4 is 6.29 Å². The summed E-state index contributed by atoms with van der Waals surface area (Å²) in [4.78, 5) is 10.7. The van der Waals surface area contributed by atoms with E-state index in [1.165, 1.54) is 12.1 Å². The largest absolute Gasteiger partial charge is 0.323 e. The summed E-state index contributed by atoms with van der Waals surface area (Å²) < 4.78 is 14.6. The van der Waals surface area contributed by atoms with Crippen molar-refractivity contribution in [3.63, 3.8) is 0 Å². The van der Waals surface area contributed by atoms with E-state index in [2.05, 4.69) is 0 Å². The van der Waals surface area contributed by atoms with Gasteiger partial charge in [-0.2, -0.15) is 0 Å². The summed E-state index contributed by atoms with van der Waals surface area (Å²) in [5.41, 5.74) is 1.03. The minimum absolute atomic E-state index is 0.348. The van der Waals surface area contributed by atoms with Gasteiger partial charge in [0.2, 0.25) is 0 Å². The Morgan fingerprint density at radius 3 is 2.57 bits per heavy atom. The molecule has 14 heavy (non-hydrogen) atoms.